The Labute approximate surface area is 112 Å². The van der Waals surface area contributed by atoms with E-state index in [1.54, 1.807) is 0 Å². The fourth-order valence-corrected chi connectivity index (χ4v) is 2.40. The van der Waals surface area contributed by atoms with Gasteiger partial charge in [0.05, 0.1) is 16.9 Å². The number of hydrogen-bond acceptors (Lipinski definition) is 3. The molecule has 0 radical (unpaired) electrons. The lowest BCUT2D eigenvalue weighted by atomic mass is 10.1. The number of aromatic nitrogens is 3. The second-order valence-corrected chi connectivity index (χ2v) is 5.09. The summed E-state index contributed by atoms with van der Waals surface area (Å²) in [6.45, 7) is 6.35. The molecule has 1 atom stereocenters. The Bertz CT molecular complexity index is 758. The second kappa shape index (κ2) is 4.23. The molecular weight excluding hydrogens is 236 g/mol. The SMILES string of the molecule is CC[C@@H](C)n1nc(N)c2cc3cccc(C)c3nc21. The number of nitrogen functional groups attached to an aromatic ring is 1. The first-order chi connectivity index (χ1) is 9.11. The zero-order valence-electron chi connectivity index (χ0n) is 11.5. The van der Waals surface area contributed by atoms with Crippen molar-refractivity contribution in [3.63, 3.8) is 0 Å². The molecule has 0 aliphatic heterocycles. The van der Waals surface area contributed by atoms with Crippen molar-refractivity contribution in [2.24, 2.45) is 0 Å². The van der Waals surface area contributed by atoms with Crippen molar-refractivity contribution in [2.45, 2.75) is 33.2 Å². The van der Waals surface area contributed by atoms with Crippen molar-refractivity contribution in [3.8, 4) is 0 Å². The van der Waals surface area contributed by atoms with Gasteiger partial charge in [-0.25, -0.2) is 9.67 Å². The number of pyridine rings is 1. The van der Waals surface area contributed by atoms with E-state index in [4.69, 9.17) is 10.7 Å². The van der Waals surface area contributed by atoms with Crippen molar-refractivity contribution >= 4 is 27.8 Å². The van der Waals surface area contributed by atoms with E-state index >= 15 is 0 Å². The molecule has 0 amide bonds. The van der Waals surface area contributed by atoms with Crippen molar-refractivity contribution < 1.29 is 0 Å². The number of fused-ring (bicyclic) bond motifs is 2. The largest absolute Gasteiger partial charge is 0.382 e. The van der Waals surface area contributed by atoms with Gasteiger partial charge in [0.1, 0.15) is 0 Å². The monoisotopic (exact) mass is 254 g/mol. The highest BCUT2D eigenvalue weighted by Crippen LogP contribution is 2.27. The molecule has 0 bridgehead atoms. The van der Waals surface area contributed by atoms with E-state index in [9.17, 15) is 0 Å². The van der Waals surface area contributed by atoms with Gasteiger partial charge in [0, 0.05) is 5.39 Å². The molecule has 98 valence electrons. The van der Waals surface area contributed by atoms with E-state index in [2.05, 4.69) is 44.1 Å². The van der Waals surface area contributed by atoms with Crippen LogP contribution in [0, 0.1) is 6.92 Å². The molecule has 3 aromatic rings. The van der Waals surface area contributed by atoms with Crippen LogP contribution in [0.25, 0.3) is 21.9 Å². The van der Waals surface area contributed by atoms with Crippen LogP contribution < -0.4 is 5.73 Å². The molecule has 4 heteroatoms. The highest BCUT2D eigenvalue weighted by Gasteiger charge is 2.14. The van der Waals surface area contributed by atoms with Crippen LogP contribution in [0.4, 0.5) is 5.82 Å². The normalized spacial score (nSPS) is 13.2. The van der Waals surface area contributed by atoms with Crippen molar-refractivity contribution in [2.75, 3.05) is 5.73 Å². The van der Waals surface area contributed by atoms with Gasteiger partial charge in [-0.05, 0) is 31.9 Å². The maximum atomic E-state index is 6.03. The van der Waals surface area contributed by atoms with E-state index in [-0.39, 0.29) is 0 Å². The average Bonchev–Trinajstić information content (AvgIpc) is 2.74. The van der Waals surface area contributed by atoms with Gasteiger partial charge in [0.15, 0.2) is 11.5 Å². The van der Waals surface area contributed by atoms with Crippen LogP contribution in [-0.4, -0.2) is 14.8 Å². The Kier molecular flexibility index (Phi) is 2.66. The van der Waals surface area contributed by atoms with Crippen LogP contribution in [-0.2, 0) is 0 Å². The Hall–Kier alpha value is -2.10. The molecule has 3 rings (SSSR count). The Morgan fingerprint density at radius 2 is 2.16 bits per heavy atom. The zero-order chi connectivity index (χ0) is 13.6. The summed E-state index contributed by atoms with van der Waals surface area (Å²) in [6.07, 6.45) is 1.00. The maximum Gasteiger partial charge on any atom is 0.160 e. The summed E-state index contributed by atoms with van der Waals surface area (Å²) in [5, 5.41) is 6.50. The summed E-state index contributed by atoms with van der Waals surface area (Å²) in [5.41, 5.74) is 9.11. The predicted octanol–water partition coefficient (Wildman–Crippen LogP) is 3.45. The van der Waals surface area contributed by atoms with Gasteiger partial charge < -0.3 is 5.73 Å². The summed E-state index contributed by atoms with van der Waals surface area (Å²) in [7, 11) is 0. The number of para-hydroxylation sites is 1. The zero-order valence-corrected chi connectivity index (χ0v) is 11.5. The number of anilines is 1. The van der Waals surface area contributed by atoms with E-state index in [1.807, 2.05) is 10.7 Å². The summed E-state index contributed by atoms with van der Waals surface area (Å²) in [4.78, 5) is 4.79. The number of rotatable bonds is 2. The van der Waals surface area contributed by atoms with E-state index in [1.165, 1.54) is 5.56 Å². The molecule has 2 heterocycles. The molecule has 0 aliphatic carbocycles. The van der Waals surface area contributed by atoms with Gasteiger partial charge in [-0.1, -0.05) is 25.1 Å². The van der Waals surface area contributed by atoms with E-state index in [0.29, 0.717) is 11.9 Å². The third kappa shape index (κ3) is 1.75. The minimum absolute atomic E-state index is 0.300. The third-order valence-electron chi connectivity index (χ3n) is 3.74. The molecular formula is C15H18N4. The van der Waals surface area contributed by atoms with Crippen LogP contribution in [0.1, 0.15) is 31.9 Å². The lowest BCUT2D eigenvalue weighted by Gasteiger charge is -2.10. The van der Waals surface area contributed by atoms with Gasteiger partial charge in [-0.3, -0.25) is 0 Å². The standard InChI is InChI=1S/C15H18N4/c1-4-10(3)19-15-12(14(16)18-19)8-11-7-5-6-9(2)13(11)17-15/h5-8,10H,4H2,1-3H3,(H2,16,18)/t10-/m1/s1. The van der Waals surface area contributed by atoms with Gasteiger partial charge in [-0.2, -0.15) is 5.10 Å². The van der Waals surface area contributed by atoms with E-state index in [0.717, 1.165) is 28.4 Å². The third-order valence-corrected chi connectivity index (χ3v) is 3.74. The number of aryl methyl sites for hydroxylation is 1. The lowest BCUT2D eigenvalue weighted by molar-refractivity contribution is 0.492. The predicted molar refractivity (Wildman–Crippen MR) is 79.2 cm³/mol. The summed E-state index contributed by atoms with van der Waals surface area (Å²) in [6, 6.07) is 8.57. The Morgan fingerprint density at radius 1 is 1.37 bits per heavy atom. The fraction of sp³-hybridized carbons (Fsp3) is 0.333. The molecule has 19 heavy (non-hydrogen) atoms. The van der Waals surface area contributed by atoms with Gasteiger partial charge in [0.2, 0.25) is 0 Å². The van der Waals surface area contributed by atoms with Gasteiger partial charge in [0.25, 0.3) is 0 Å². The fourth-order valence-electron chi connectivity index (χ4n) is 2.40. The minimum Gasteiger partial charge on any atom is -0.382 e. The summed E-state index contributed by atoms with van der Waals surface area (Å²) >= 11 is 0. The molecule has 0 unspecified atom stereocenters. The maximum absolute atomic E-state index is 6.03. The Morgan fingerprint density at radius 3 is 2.89 bits per heavy atom. The topological polar surface area (TPSA) is 56.7 Å². The van der Waals surface area contributed by atoms with Crippen LogP contribution in [0.15, 0.2) is 24.3 Å². The highest BCUT2D eigenvalue weighted by atomic mass is 15.3. The lowest BCUT2D eigenvalue weighted by Crippen LogP contribution is -2.06. The van der Waals surface area contributed by atoms with Crippen LogP contribution in [0.3, 0.4) is 0 Å². The number of hydrogen-bond donors (Lipinski definition) is 1. The molecule has 2 aromatic heterocycles. The molecule has 2 N–H and O–H groups in total. The average molecular weight is 254 g/mol. The van der Waals surface area contributed by atoms with Gasteiger partial charge >= 0.3 is 0 Å². The van der Waals surface area contributed by atoms with Crippen LogP contribution >= 0.6 is 0 Å². The first-order valence-corrected chi connectivity index (χ1v) is 6.66. The minimum atomic E-state index is 0.300. The van der Waals surface area contributed by atoms with Crippen molar-refractivity contribution in [1.29, 1.82) is 0 Å². The first kappa shape index (κ1) is 12.0. The number of nitrogens with zero attached hydrogens (tertiary/aromatic N) is 3. The van der Waals surface area contributed by atoms with Crippen LogP contribution in [0.2, 0.25) is 0 Å². The molecule has 0 aliphatic rings. The molecule has 4 nitrogen and oxygen atoms in total. The van der Waals surface area contributed by atoms with Crippen LogP contribution in [0.5, 0.6) is 0 Å². The molecule has 0 fully saturated rings. The van der Waals surface area contributed by atoms with Crippen molar-refractivity contribution in [3.05, 3.63) is 29.8 Å². The quantitative estimate of drug-likeness (QED) is 0.762. The molecule has 0 saturated heterocycles. The van der Waals surface area contributed by atoms with Gasteiger partial charge in [-0.15, -0.1) is 0 Å². The van der Waals surface area contributed by atoms with Crippen molar-refractivity contribution in [1.82, 2.24) is 14.8 Å². The first-order valence-electron chi connectivity index (χ1n) is 6.66. The molecule has 0 spiro atoms. The molecule has 1 aromatic carbocycles. The summed E-state index contributed by atoms with van der Waals surface area (Å²) in [5.74, 6) is 0.561. The number of benzene rings is 1. The number of nitrogens with two attached hydrogens (primary N) is 1. The Balaban J connectivity index is 2.40. The van der Waals surface area contributed by atoms with E-state index < -0.39 is 0 Å². The second-order valence-electron chi connectivity index (χ2n) is 5.09. The highest BCUT2D eigenvalue weighted by molar-refractivity contribution is 5.97. The smallest absolute Gasteiger partial charge is 0.160 e. The summed E-state index contributed by atoms with van der Waals surface area (Å²) < 4.78 is 1.94. The molecule has 0 saturated carbocycles.